The van der Waals surface area contributed by atoms with Crippen molar-refractivity contribution in [2.24, 2.45) is 5.10 Å². The Kier molecular flexibility index (Phi) is 5.48. The summed E-state index contributed by atoms with van der Waals surface area (Å²) in [5.74, 6) is 1.04. The van der Waals surface area contributed by atoms with Gasteiger partial charge in [-0.05, 0) is 23.3 Å². The molecule has 3 N–H and O–H groups in total. The molecule has 0 fully saturated rings. The van der Waals surface area contributed by atoms with Crippen LogP contribution in [0.1, 0.15) is 23.6 Å². The van der Waals surface area contributed by atoms with Crippen LogP contribution < -0.4 is 10.5 Å². The van der Waals surface area contributed by atoms with Crippen LogP contribution in [0.15, 0.2) is 64.9 Å². The lowest BCUT2D eigenvalue weighted by Crippen LogP contribution is -2.28. The van der Waals surface area contributed by atoms with Crippen molar-refractivity contribution in [2.45, 2.75) is 17.6 Å². The van der Waals surface area contributed by atoms with Gasteiger partial charge in [0.25, 0.3) is 5.91 Å². The Hall–Kier alpha value is -3.33. The number of rotatable bonds is 6. The molecule has 2 aromatic carbocycles. The molecule has 0 radical (unpaired) electrons. The maximum Gasteiger partial charge on any atom is 0.253 e. The number of aromatic nitrogens is 3. The van der Waals surface area contributed by atoms with Gasteiger partial charge in [-0.2, -0.15) is 10.1 Å². The first-order valence-electron chi connectivity index (χ1n) is 9.03. The van der Waals surface area contributed by atoms with Crippen LogP contribution in [0, 0.1) is 0 Å². The van der Waals surface area contributed by atoms with Crippen molar-refractivity contribution in [3.63, 3.8) is 0 Å². The summed E-state index contributed by atoms with van der Waals surface area (Å²) in [5, 5.41) is 13.2. The van der Waals surface area contributed by atoms with Crippen LogP contribution in [-0.4, -0.2) is 44.7 Å². The van der Waals surface area contributed by atoms with Gasteiger partial charge in [0.15, 0.2) is 0 Å². The second kappa shape index (κ2) is 8.36. The van der Waals surface area contributed by atoms with Crippen LogP contribution in [0.3, 0.4) is 0 Å². The summed E-state index contributed by atoms with van der Waals surface area (Å²) in [5.41, 5.74) is 8.43. The van der Waals surface area contributed by atoms with Gasteiger partial charge in [-0.1, -0.05) is 54.2 Å². The minimum absolute atomic E-state index is 0.120. The number of aromatic amines is 1. The number of thioether (sulfide) groups is 1. The molecular weight excluding hydrogens is 388 g/mol. The number of nitrogens with one attached hydrogen (secondary N) is 1. The zero-order valence-electron chi connectivity index (χ0n) is 15.8. The van der Waals surface area contributed by atoms with Gasteiger partial charge in [0.2, 0.25) is 11.1 Å². The maximum absolute atomic E-state index is 13.0. The molecule has 1 aliphatic heterocycles. The number of nitrogens with two attached hydrogens (primary N) is 1. The molecule has 4 rings (SSSR count). The molecule has 0 spiro atoms. The molecule has 0 unspecified atom stereocenters. The van der Waals surface area contributed by atoms with Crippen LogP contribution in [-0.2, 0) is 4.79 Å². The van der Waals surface area contributed by atoms with E-state index in [0.717, 1.165) is 22.6 Å². The number of carbonyl (C=O) groups excluding carboxylic acids is 1. The molecule has 2 heterocycles. The van der Waals surface area contributed by atoms with Gasteiger partial charge in [0.05, 0.1) is 24.6 Å². The van der Waals surface area contributed by atoms with Crippen molar-refractivity contribution in [2.75, 3.05) is 18.6 Å². The first-order valence-corrected chi connectivity index (χ1v) is 10.0. The first-order chi connectivity index (χ1) is 14.1. The standard InChI is InChI=1S/C20H20N6O2S/c1-28-15-9-7-14(8-10-15)17-11-16(13-5-3-2-4-6-13)25-26(17)18(27)12-29-20-22-19(21)23-24-20/h2-10,17H,11-12H2,1H3,(H3,21,22,23,24)/t17-/m1/s1. The number of hydrogen-bond acceptors (Lipinski definition) is 7. The molecular formula is C20H20N6O2S. The van der Waals surface area contributed by atoms with E-state index in [4.69, 9.17) is 10.5 Å². The number of methoxy groups -OCH3 is 1. The van der Waals surface area contributed by atoms with Crippen LogP contribution in [0.5, 0.6) is 5.75 Å². The largest absolute Gasteiger partial charge is 0.497 e. The maximum atomic E-state index is 13.0. The van der Waals surface area contributed by atoms with Crippen LogP contribution in [0.4, 0.5) is 5.95 Å². The van der Waals surface area contributed by atoms with E-state index >= 15 is 0 Å². The van der Waals surface area contributed by atoms with Crippen molar-refractivity contribution in [3.05, 3.63) is 65.7 Å². The van der Waals surface area contributed by atoms with Gasteiger partial charge in [0.1, 0.15) is 5.75 Å². The van der Waals surface area contributed by atoms with E-state index in [-0.39, 0.29) is 23.7 Å². The third-order valence-electron chi connectivity index (χ3n) is 4.58. The highest BCUT2D eigenvalue weighted by molar-refractivity contribution is 7.99. The Balaban J connectivity index is 1.57. The van der Waals surface area contributed by atoms with E-state index in [1.165, 1.54) is 11.8 Å². The number of anilines is 1. The van der Waals surface area contributed by atoms with Crippen molar-refractivity contribution in [1.29, 1.82) is 0 Å². The minimum Gasteiger partial charge on any atom is -0.497 e. The van der Waals surface area contributed by atoms with E-state index in [0.29, 0.717) is 11.6 Å². The SMILES string of the molecule is COc1ccc([C@H]2CC(c3ccccc3)=NN2C(=O)CSc2n[nH]c(N)n2)cc1. The number of benzene rings is 2. The topological polar surface area (TPSA) is 109 Å². The molecule has 148 valence electrons. The van der Waals surface area contributed by atoms with E-state index in [1.807, 2.05) is 54.6 Å². The van der Waals surface area contributed by atoms with Crippen LogP contribution >= 0.6 is 11.8 Å². The lowest BCUT2D eigenvalue weighted by Gasteiger charge is -2.22. The Morgan fingerprint density at radius 2 is 2.00 bits per heavy atom. The highest BCUT2D eigenvalue weighted by Gasteiger charge is 2.33. The Morgan fingerprint density at radius 1 is 1.24 bits per heavy atom. The highest BCUT2D eigenvalue weighted by atomic mass is 32.2. The molecule has 1 amide bonds. The average Bonchev–Trinajstić information content (AvgIpc) is 3.39. The summed E-state index contributed by atoms with van der Waals surface area (Å²) in [4.78, 5) is 17.0. The van der Waals surface area contributed by atoms with Gasteiger partial charge in [-0.3, -0.25) is 4.79 Å². The van der Waals surface area contributed by atoms with Gasteiger partial charge in [0, 0.05) is 6.42 Å². The number of amides is 1. The highest BCUT2D eigenvalue weighted by Crippen LogP contribution is 2.34. The zero-order chi connectivity index (χ0) is 20.2. The summed E-state index contributed by atoms with van der Waals surface area (Å²) in [6, 6.07) is 17.4. The molecule has 1 atom stereocenters. The van der Waals surface area contributed by atoms with Crippen molar-refractivity contribution in [3.8, 4) is 5.75 Å². The smallest absolute Gasteiger partial charge is 0.253 e. The molecule has 9 heteroatoms. The zero-order valence-corrected chi connectivity index (χ0v) is 16.6. The van der Waals surface area contributed by atoms with Gasteiger partial charge in [-0.25, -0.2) is 10.1 Å². The minimum atomic E-state index is -0.179. The lowest BCUT2D eigenvalue weighted by molar-refractivity contribution is -0.130. The Morgan fingerprint density at radius 3 is 2.66 bits per heavy atom. The summed E-state index contributed by atoms with van der Waals surface area (Å²) in [6.07, 6.45) is 0.639. The third kappa shape index (κ3) is 4.24. The van der Waals surface area contributed by atoms with E-state index in [2.05, 4.69) is 20.3 Å². The summed E-state index contributed by atoms with van der Waals surface area (Å²) < 4.78 is 5.25. The summed E-state index contributed by atoms with van der Waals surface area (Å²) in [6.45, 7) is 0. The molecule has 1 aliphatic rings. The van der Waals surface area contributed by atoms with Crippen molar-refractivity contribution < 1.29 is 9.53 Å². The third-order valence-corrected chi connectivity index (χ3v) is 5.41. The van der Waals surface area contributed by atoms with Gasteiger partial charge < -0.3 is 10.5 Å². The number of nitrogens with zero attached hydrogens (tertiary/aromatic N) is 4. The van der Waals surface area contributed by atoms with Gasteiger partial charge >= 0.3 is 0 Å². The Labute approximate surface area is 172 Å². The lowest BCUT2D eigenvalue weighted by atomic mass is 9.98. The normalized spacial score (nSPS) is 16.0. The number of H-pyrrole nitrogens is 1. The average molecular weight is 408 g/mol. The van der Waals surface area contributed by atoms with E-state index < -0.39 is 0 Å². The number of hydrogen-bond donors (Lipinski definition) is 2. The molecule has 0 saturated heterocycles. The fraction of sp³-hybridized carbons (Fsp3) is 0.200. The monoisotopic (exact) mass is 408 g/mol. The molecule has 0 saturated carbocycles. The molecule has 0 aliphatic carbocycles. The van der Waals surface area contributed by atoms with E-state index in [9.17, 15) is 4.79 Å². The van der Waals surface area contributed by atoms with Crippen LogP contribution in [0.2, 0.25) is 0 Å². The van der Waals surface area contributed by atoms with E-state index in [1.54, 1.807) is 12.1 Å². The second-order valence-corrected chi connectivity index (χ2v) is 7.38. The number of hydrazone groups is 1. The fourth-order valence-electron chi connectivity index (χ4n) is 3.15. The molecule has 29 heavy (non-hydrogen) atoms. The molecule has 3 aromatic rings. The van der Waals surface area contributed by atoms with Gasteiger partial charge in [-0.15, -0.1) is 5.10 Å². The number of carbonyl (C=O) groups is 1. The summed E-state index contributed by atoms with van der Waals surface area (Å²) in [7, 11) is 1.63. The quantitative estimate of drug-likeness (QED) is 0.607. The number of nitrogen functional groups attached to an aromatic ring is 1. The molecule has 8 nitrogen and oxygen atoms in total. The predicted octanol–water partition coefficient (Wildman–Crippen LogP) is 2.87. The Bertz CT molecular complexity index is 1020. The van der Waals surface area contributed by atoms with Crippen LogP contribution in [0.25, 0.3) is 0 Å². The van der Waals surface area contributed by atoms with Crippen molar-refractivity contribution in [1.82, 2.24) is 20.2 Å². The number of ether oxygens (including phenoxy) is 1. The fourth-order valence-corrected chi connectivity index (χ4v) is 3.80. The van der Waals surface area contributed by atoms with Crippen molar-refractivity contribution >= 4 is 29.3 Å². The predicted molar refractivity (Wildman–Crippen MR) is 112 cm³/mol. The second-order valence-electron chi connectivity index (χ2n) is 6.44. The summed E-state index contributed by atoms with van der Waals surface area (Å²) >= 11 is 1.22. The first kappa shape index (κ1) is 19.0. The molecule has 1 aromatic heterocycles. The molecule has 0 bridgehead atoms.